The van der Waals surface area contributed by atoms with Gasteiger partial charge >= 0.3 is 6.18 Å². The molecule has 0 heterocycles. The first-order valence-corrected chi connectivity index (χ1v) is 9.83. The molecule has 0 aliphatic carbocycles. The fraction of sp³-hybridized carbons (Fsp3) is 0.250. The van der Waals surface area contributed by atoms with Gasteiger partial charge in [-0.1, -0.05) is 12.1 Å². The van der Waals surface area contributed by atoms with Gasteiger partial charge in [0.2, 0.25) is 10.0 Å². The third kappa shape index (κ3) is 5.21. The molecule has 0 radical (unpaired) electrons. The zero-order valence-corrected chi connectivity index (χ0v) is 14.8. The molecule has 0 saturated heterocycles. The predicted molar refractivity (Wildman–Crippen MR) is 89.8 cm³/mol. The molecule has 0 saturated carbocycles. The third-order valence-corrected chi connectivity index (χ3v) is 5.64. The number of halogens is 3. The van der Waals surface area contributed by atoms with Gasteiger partial charge in [-0.2, -0.15) is 13.2 Å². The summed E-state index contributed by atoms with van der Waals surface area (Å²) >= 11 is 1.53. The second-order valence-corrected chi connectivity index (χ2v) is 7.81. The van der Waals surface area contributed by atoms with Crippen LogP contribution in [0.4, 0.5) is 13.2 Å². The van der Waals surface area contributed by atoms with Crippen LogP contribution < -0.4 is 4.72 Å². The van der Waals surface area contributed by atoms with Gasteiger partial charge in [0.15, 0.2) is 0 Å². The van der Waals surface area contributed by atoms with Crippen molar-refractivity contribution < 1.29 is 26.7 Å². The lowest BCUT2D eigenvalue weighted by molar-refractivity contribution is -0.137. The summed E-state index contributed by atoms with van der Waals surface area (Å²) in [5.41, 5.74) is -0.395. The molecule has 0 aromatic heterocycles. The van der Waals surface area contributed by atoms with Gasteiger partial charge in [0.1, 0.15) is 0 Å². The topological polar surface area (TPSA) is 66.4 Å². The molecule has 2 rings (SSSR count). The number of thioether (sulfide) groups is 1. The number of aliphatic hydroxyl groups excluding tert-OH is 1. The Labute approximate surface area is 148 Å². The van der Waals surface area contributed by atoms with Crippen molar-refractivity contribution in [2.75, 3.05) is 12.8 Å². The lowest BCUT2D eigenvalue weighted by Crippen LogP contribution is -2.28. The molecule has 0 fully saturated rings. The van der Waals surface area contributed by atoms with Gasteiger partial charge in [0.25, 0.3) is 0 Å². The number of hydrogen-bond acceptors (Lipinski definition) is 4. The summed E-state index contributed by atoms with van der Waals surface area (Å²) in [5, 5.41) is 10.1. The molecule has 1 unspecified atom stereocenters. The minimum Gasteiger partial charge on any atom is -0.387 e. The highest BCUT2D eigenvalue weighted by molar-refractivity contribution is 7.98. The molecule has 0 amide bonds. The minimum atomic E-state index is -4.53. The van der Waals surface area contributed by atoms with Crippen molar-refractivity contribution in [2.45, 2.75) is 22.1 Å². The van der Waals surface area contributed by atoms with Crippen molar-refractivity contribution in [1.29, 1.82) is 0 Å². The molecule has 2 aromatic carbocycles. The van der Waals surface area contributed by atoms with Crippen LogP contribution in [0.25, 0.3) is 0 Å². The van der Waals surface area contributed by atoms with E-state index < -0.39 is 27.9 Å². The lowest BCUT2D eigenvalue weighted by atomic mass is 10.1. The van der Waals surface area contributed by atoms with Gasteiger partial charge in [0, 0.05) is 11.4 Å². The highest BCUT2D eigenvalue weighted by atomic mass is 32.2. The second-order valence-electron chi connectivity index (χ2n) is 5.16. The number of alkyl halides is 3. The predicted octanol–water partition coefficient (Wildman–Crippen LogP) is 3.44. The van der Waals surface area contributed by atoms with Crippen LogP contribution in [-0.2, 0) is 16.2 Å². The number of aliphatic hydroxyl groups is 1. The van der Waals surface area contributed by atoms with Gasteiger partial charge < -0.3 is 5.11 Å². The molecule has 0 bridgehead atoms. The molecule has 1 atom stereocenters. The summed E-state index contributed by atoms with van der Waals surface area (Å²) in [4.78, 5) is 0.701. The van der Waals surface area contributed by atoms with Gasteiger partial charge in [-0.15, -0.1) is 11.8 Å². The summed E-state index contributed by atoms with van der Waals surface area (Å²) in [6.07, 6.45) is -3.70. The summed E-state index contributed by atoms with van der Waals surface area (Å²) in [7, 11) is -4.02. The maximum Gasteiger partial charge on any atom is 0.416 e. The maximum atomic E-state index is 12.5. The van der Waals surface area contributed by atoms with Gasteiger partial charge in [-0.3, -0.25) is 0 Å². The van der Waals surface area contributed by atoms with Crippen LogP contribution in [0.3, 0.4) is 0 Å². The van der Waals surface area contributed by atoms with Crippen molar-refractivity contribution in [2.24, 2.45) is 0 Å². The number of nitrogens with one attached hydrogen (secondary N) is 1. The monoisotopic (exact) mass is 391 g/mol. The van der Waals surface area contributed by atoms with Gasteiger partial charge in [0.05, 0.1) is 16.6 Å². The average molecular weight is 391 g/mol. The Morgan fingerprint density at radius 2 is 1.64 bits per heavy atom. The van der Waals surface area contributed by atoms with E-state index in [1.807, 2.05) is 6.26 Å². The van der Waals surface area contributed by atoms with Crippen molar-refractivity contribution in [1.82, 2.24) is 4.72 Å². The third-order valence-electron chi connectivity index (χ3n) is 3.46. The summed E-state index contributed by atoms with van der Waals surface area (Å²) in [6, 6.07) is 10.1. The second kappa shape index (κ2) is 7.77. The molecule has 0 spiro atoms. The van der Waals surface area contributed by atoms with Crippen LogP contribution in [0.1, 0.15) is 17.2 Å². The summed E-state index contributed by atoms with van der Waals surface area (Å²) in [6.45, 7) is -0.290. The van der Waals surface area contributed by atoms with Crippen LogP contribution >= 0.6 is 11.8 Å². The molecular weight excluding hydrogens is 375 g/mol. The molecule has 2 N–H and O–H groups in total. The zero-order valence-electron chi connectivity index (χ0n) is 13.1. The van der Waals surface area contributed by atoms with E-state index in [4.69, 9.17) is 0 Å². The average Bonchev–Trinajstić information content (AvgIpc) is 2.59. The Morgan fingerprint density at radius 3 is 2.12 bits per heavy atom. The number of rotatable bonds is 6. The molecule has 9 heteroatoms. The highest BCUT2D eigenvalue weighted by Crippen LogP contribution is 2.29. The quantitative estimate of drug-likeness (QED) is 0.741. The van der Waals surface area contributed by atoms with Crippen LogP contribution in [0, 0.1) is 0 Å². The first-order chi connectivity index (χ1) is 11.6. The molecule has 0 aliphatic rings. The summed E-state index contributed by atoms with van der Waals surface area (Å²) < 4.78 is 64.0. The van der Waals surface area contributed by atoms with Crippen LogP contribution in [0.15, 0.2) is 58.3 Å². The molecule has 2 aromatic rings. The fourth-order valence-electron chi connectivity index (χ4n) is 2.04. The minimum absolute atomic E-state index is 0.290. The SMILES string of the molecule is CSc1ccc(C(O)CNS(=O)(=O)c2ccc(C(F)(F)F)cc2)cc1. The highest BCUT2D eigenvalue weighted by Gasteiger charge is 2.30. The van der Waals surface area contributed by atoms with Crippen LogP contribution in [0.5, 0.6) is 0 Å². The zero-order chi connectivity index (χ0) is 18.7. The Balaban J connectivity index is 2.05. The van der Waals surface area contributed by atoms with Gasteiger partial charge in [-0.05, 0) is 48.2 Å². The maximum absolute atomic E-state index is 12.5. The van der Waals surface area contributed by atoms with E-state index in [1.165, 1.54) is 11.8 Å². The van der Waals surface area contributed by atoms with E-state index in [0.29, 0.717) is 17.7 Å². The van der Waals surface area contributed by atoms with E-state index >= 15 is 0 Å². The molecule has 136 valence electrons. The van der Waals surface area contributed by atoms with E-state index in [0.717, 1.165) is 17.0 Å². The first-order valence-electron chi connectivity index (χ1n) is 7.12. The smallest absolute Gasteiger partial charge is 0.387 e. The first kappa shape index (κ1) is 19.8. The van der Waals surface area contributed by atoms with Gasteiger partial charge in [-0.25, -0.2) is 13.1 Å². The van der Waals surface area contributed by atoms with Crippen molar-refractivity contribution in [3.63, 3.8) is 0 Å². The molecule has 4 nitrogen and oxygen atoms in total. The Hall–Kier alpha value is -1.55. The van der Waals surface area contributed by atoms with E-state index in [2.05, 4.69) is 4.72 Å². The van der Waals surface area contributed by atoms with E-state index in [1.54, 1.807) is 24.3 Å². The van der Waals surface area contributed by atoms with E-state index in [-0.39, 0.29) is 11.4 Å². The number of benzene rings is 2. The van der Waals surface area contributed by atoms with Crippen molar-refractivity contribution in [3.05, 3.63) is 59.7 Å². The van der Waals surface area contributed by atoms with Crippen molar-refractivity contribution >= 4 is 21.8 Å². The van der Waals surface area contributed by atoms with E-state index in [9.17, 15) is 26.7 Å². The largest absolute Gasteiger partial charge is 0.416 e. The number of sulfonamides is 1. The lowest BCUT2D eigenvalue weighted by Gasteiger charge is -2.13. The summed E-state index contributed by atoms with van der Waals surface area (Å²) in [5.74, 6) is 0. The standard InChI is InChI=1S/C16H16F3NO3S2/c1-24-13-6-2-11(3-7-13)15(21)10-20-25(22,23)14-8-4-12(5-9-14)16(17,18)19/h2-9,15,20-21H,10H2,1H3. The Bertz CT molecular complexity index is 804. The Kier molecular flexibility index (Phi) is 6.15. The van der Waals surface area contributed by atoms with Crippen molar-refractivity contribution in [3.8, 4) is 0 Å². The number of hydrogen-bond donors (Lipinski definition) is 2. The Morgan fingerprint density at radius 1 is 1.08 bits per heavy atom. The molecule has 25 heavy (non-hydrogen) atoms. The molecular formula is C16H16F3NO3S2. The fourth-order valence-corrected chi connectivity index (χ4v) is 3.49. The van der Waals surface area contributed by atoms with Crippen LogP contribution in [-0.4, -0.2) is 26.3 Å². The van der Waals surface area contributed by atoms with Crippen LogP contribution in [0.2, 0.25) is 0 Å². The normalized spacial score (nSPS) is 13.6. The molecule has 0 aliphatic heterocycles.